The average Bonchev–Trinajstić information content (AvgIpc) is 3.30. The Morgan fingerprint density at radius 3 is 2.45 bits per heavy atom. The van der Waals surface area contributed by atoms with Crippen molar-refractivity contribution >= 4 is 5.91 Å². The van der Waals surface area contributed by atoms with Crippen molar-refractivity contribution in [2.75, 3.05) is 7.05 Å². The highest BCUT2D eigenvalue weighted by Gasteiger charge is 2.45. The number of hydrogen-bond acceptors (Lipinski definition) is 3. The van der Waals surface area contributed by atoms with Gasteiger partial charge in [-0.05, 0) is 30.0 Å². The van der Waals surface area contributed by atoms with Crippen LogP contribution in [0.3, 0.4) is 0 Å². The van der Waals surface area contributed by atoms with Gasteiger partial charge in [-0.2, -0.15) is 10.2 Å². The fraction of sp³-hybridized carbons (Fsp3) is 0.240. The van der Waals surface area contributed by atoms with Crippen molar-refractivity contribution in [3.05, 3.63) is 90.4 Å². The van der Waals surface area contributed by atoms with E-state index in [2.05, 4.69) is 17.2 Å². The number of benzene rings is 2. The molecule has 0 spiro atoms. The van der Waals surface area contributed by atoms with Gasteiger partial charge in [-0.1, -0.05) is 48.5 Å². The van der Waals surface area contributed by atoms with Crippen LogP contribution in [0.5, 0.6) is 0 Å². The van der Waals surface area contributed by atoms with Crippen molar-refractivity contribution in [3.8, 4) is 16.9 Å². The Kier molecular flexibility index (Phi) is 4.90. The highest BCUT2D eigenvalue weighted by atomic mass is 16.2. The molecule has 6 nitrogen and oxygen atoms in total. The number of rotatable bonds is 6. The van der Waals surface area contributed by atoms with Crippen LogP contribution in [-0.2, 0) is 18.4 Å². The van der Waals surface area contributed by atoms with E-state index in [1.54, 1.807) is 4.68 Å². The molecule has 0 N–H and O–H groups in total. The standard InChI is InChI=1S/C25H25N5O/c1-28(25(31)23-13-22(23)19-14-26-29(2)16-19)15-20-17-30(21-11-7-4-8-12-21)27-24(20)18-9-5-3-6-10-18/h3-12,14,16-17,22-23H,13,15H2,1-2H3. The fourth-order valence-corrected chi connectivity index (χ4v) is 4.16. The number of nitrogens with zero attached hydrogens (tertiary/aromatic N) is 5. The van der Waals surface area contributed by atoms with Crippen LogP contribution in [0.25, 0.3) is 16.9 Å². The van der Waals surface area contributed by atoms with Crippen LogP contribution in [0.1, 0.15) is 23.5 Å². The molecule has 2 atom stereocenters. The molecule has 0 radical (unpaired) electrons. The second kappa shape index (κ2) is 7.87. The van der Waals surface area contributed by atoms with E-state index in [4.69, 9.17) is 5.10 Å². The van der Waals surface area contributed by atoms with Crippen LogP contribution in [0.2, 0.25) is 0 Å². The summed E-state index contributed by atoms with van der Waals surface area (Å²) in [6.45, 7) is 0.520. The van der Waals surface area contributed by atoms with E-state index in [0.29, 0.717) is 6.54 Å². The minimum atomic E-state index is 0.0403. The first kappa shape index (κ1) is 19.3. The third-order valence-corrected chi connectivity index (χ3v) is 5.90. The van der Waals surface area contributed by atoms with Gasteiger partial charge in [0.25, 0.3) is 0 Å². The van der Waals surface area contributed by atoms with Crippen molar-refractivity contribution in [1.82, 2.24) is 24.5 Å². The minimum absolute atomic E-state index is 0.0403. The van der Waals surface area contributed by atoms with E-state index < -0.39 is 0 Å². The SMILES string of the molecule is CN(Cc1cn(-c2ccccc2)nc1-c1ccccc1)C(=O)C1CC1c1cnn(C)c1. The summed E-state index contributed by atoms with van der Waals surface area (Å²) >= 11 is 0. The quantitative estimate of drug-likeness (QED) is 0.481. The van der Waals surface area contributed by atoms with E-state index >= 15 is 0 Å². The van der Waals surface area contributed by atoms with Gasteiger partial charge < -0.3 is 4.90 Å². The van der Waals surface area contributed by atoms with Gasteiger partial charge in [0.1, 0.15) is 0 Å². The third-order valence-electron chi connectivity index (χ3n) is 5.90. The highest BCUT2D eigenvalue weighted by Crippen LogP contribution is 2.48. The Hall–Kier alpha value is -3.67. The van der Waals surface area contributed by atoms with Gasteiger partial charge >= 0.3 is 0 Å². The molecule has 0 saturated heterocycles. The zero-order valence-electron chi connectivity index (χ0n) is 17.7. The van der Waals surface area contributed by atoms with E-state index in [1.807, 2.05) is 90.8 Å². The lowest BCUT2D eigenvalue weighted by atomic mass is 10.1. The van der Waals surface area contributed by atoms with Crippen molar-refractivity contribution in [2.24, 2.45) is 13.0 Å². The molecular weight excluding hydrogens is 386 g/mol. The van der Waals surface area contributed by atoms with Crippen LogP contribution in [0.4, 0.5) is 0 Å². The van der Waals surface area contributed by atoms with Crippen molar-refractivity contribution in [1.29, 1.82) is 0 Å². The summed E-state index contributed by atoms with van der Waals surface area (Å²) in [6, 6.07) is 20.2. The van der Waals surface area contributed by atoms with E-state index in [9.17, 15) is 4.79 Å². The number of carbonyl (C=O) groups excluding carboxylic acids is 1. The monoisotopic (exact) mass is 411 g/mol. The Morgan fingerprint density at radius 2 is 1.77 bits per heavy atom. The molecule has 156 valence electrons. The fourth-order valence-electron chi connectivity index (χ4n) is 4.16. The van der Waals surface area contributed by atoms with Gasteiger partial charge in [0.05, 0.1) is 17.6 Å². The lowest BCUT2D eigenvalue weighted by Gasteiger charge is -2.17. The Morgan fingerprint density at radius 1 is 1.06 bits per heavy atom. The Labute approximate surface area is 181 Å². The first-order valence-corrected chi connectivity index (χ1v) is 10.5. The van der Waals surface area contributed by atoms with Gasteiger partial charge in [0.15, 0.2) is 0 Å². The van der Waals surface area contributed by atoms with Crippen molar-refractivity contribution in [3.63, 3.8) is 0 Å². The van der Waals surface area contributed by atoms with Gasteiger partial charge in [-0.15, -0.1) is 0 Å². The maximum Gasteiger partial charge on any atom is 0.226 e. The van der Waals surface area contributed by atoms with E-state index in [0.717, 1.165) is 34.5 Å². The number of hydrogen-bond donors (Lipinski definition) is 0. The van der Waals surface area contributed by atoms with Crippen LogP contribution >= 0.6 is 0 Å². The second-order valence-electron chi connectivity index (χ2n) is 8.24. The Balaban J connectivity index is 1.39. The topological polar surface area (TPSA) is 56.0 Å². The second-order valence-corrected chi connectivity index (χ2v) is 8.24. The minimum Gasteiger partial charge on any atom is -0.341 e. The van der Waals surface area contributed by atoms with Crippen LogP contribution in [0, 0.1) is 5.92 Å². The maximum atomic E-state index is 13.1. The number of amides is 1. The summed E-state index contributed by atoms with van der Waals surface area (Å²) in [6.07, 6.45) is 6.81. The zero-order chi connectivity index (χ0) is 21.4. The number of para-hydroxylation sites is 1. The molecule has 0 aliphatic heterocycles. The van der Waals surface area contributed by atoms with Gasteiger partial charge in [0, 0.05) is 50.1 Å². The highest BCUT2D eigenvalue weighted by molar-refractivity contribution is 5.83. The van der Waals surface area contributed by atoms with E-state index in [1.165, 1.54) is 0 Å². The smallest absolute Gasteiger partial charge is 0.226 e. The molecular formula is C25H25N5O. The molecule has 2 aromatic carbocycles. The molecule has 6 heteroatoms. The maximum absolute atomic E-state index is 13.1. The summed E-state index contributed by atoms with van der Waals surface area (Å²) in [4.78, 5) is 14.9. The summed E-state index contributed by atoms with van der Waals surface area (Å²) in [5.41, 5.74) is 5.13. The molecule has 1 aliphatic rings. The molecule has 31 heavy (non-hydrogen) atoms. The summed E-state index contributed by atoms with van der Waals surface area (Å²) < 4.78 is 3.69. The number of carbonyl (C=O) groups is 1. The first-order chi connectivity index (χ1) is 15.1. The molecule has 1 aliphatic carbocycles. The molecule has 0 bridgehead atoms. The molecule has 1 saturated carbocycles. The van der Waals surface area contributed by atoms with Gasteiger partial charge in [-0.3, -0.25) is 9.48 Å². The normalized spacial score (nSPS) is 17.5. The van der Waals surface area contributed by atoms with E-state index in [-0.39, 0.29) is 17.7 Å². The largest absolute Gasteiger partial charge is 0.341 e. The van der Waals surface area contributed by atoms with Crippen molar-refractivity contribution < 1.29 is 4.79 Å². The number of aromatic nitrogens is 4. The number of aryl methyl sites for hydroxylation is 1. The molecule has 2 unspecified atom stereocenters. The summed E-state index contributed by atoms with van der Waals surface area (Å²) in [7, 11) is 3.79. The van der Waals surface area contributed by atoms with Crippen LogP contribution in [-0.4, -0.2) is 37.4 Å². The zero-order valence-corrected chi connectivity index (χ0v) is 17.7. The average molecular weight is 412 g/mol. The summed E-state index contributed by atoms with van der Waals surface area (Å²) in [5.74, 6) is 0.503. The lowest BCUT2D eigenvalue weighted by molar-refractivity contribution is -0.131. The Bertz CT molecular complexity index is 1200. The predicted molar refractivity (Wildman–Crippen MR) is 120 cm³/mol. The van der Waals surface area contributed by atoms with Crippen molar-refractivity contribution in [2.45, 2.75) is 18.9 Å². The molecule has 2 aromatic heterocycles. The van der Waals surface area contributed by atoms with Crippen LogP contribution < -0.4 is 0 Å². The van der Waals surface area contributed by atoms with Gasteiger partial charge in [-0.25, -0.2) is 4.68 Å². The molecule has 2 heterocycles. The lowest BCUT2D eigenvalue weighted by Crippen LogP contribution is -2.28. The molecule has 5 rings (SSSR count). The predicted octanol–water partition coefficient (Wildman–Crippen LogP) is 4.03. The molecule has 4 aromatic rings. The molecule has 1 fully saturated rings. The third kappa shape index (κ3) is 3.89. The first-order valence-electron chi connectivity index (χ1n) is 10.5. The summed E-state index contributed by atoms with van der Waals surface area (Å²) in [5, 5.41) is 9.10. The van der Waals surface area contributed by atoms with Crippen LogP contribution in [0.15, 0.2) is 79.3 Å². The van der Waals surface area contributed by atoms with Gasteiger partial charge in [0.2, 0.25) is 5.91 Å². The molecule has 1 amide bonds.